The predicted octanol–water partition coefficient (Wildman–Crippen LogP) is 1.44. The maximum absolute atomic E-state index is 4.46. The number of nitrogens with one attached hydrogen (secondary N) is 2. The van der Waals surface area contributed by atoms with Crippen molar-refractivity contribution in [1.82, 2.24) is 15.6 Å². The van der Waals surface area contributed by atoms with Crippen LogP contribution in [0.4, 0.5) is 0 Å². The van der Waals surface area contributed by atoms with E-state index in [0.717, 1.165) is 31.3 Å². The van der Waals surface area contributed by atoms with Gasteiger partial charge in [0.15, 0.2) is 0 Å². The summed E-state index contributed by atoms with van der Waals surface area (Å²) in [6.45, 7) is 8.99. The van der Waals surface area contributed by atoms with Crippen molar-refractivity contribution >= 4 is 11.3 Å². The summed E-state index contributed by atoms with van der Waals surface area (Å²) >= 11 is 1.74. The SMILES string of the molecule is Cc1nc(CCNCC(C)C2CNC2)cs1. The summed E-state index contributed by atoms with van der Waals surface area (Å²) < 4.78 is 0. The molecule has 4 heteroatoms. The van der Waals surface area contributed by atoms with Gasteiger partial charge in [0.05, 0.1) is 10.7 Å². The molecule has 1 aromatic heterocycles. The van der Waals surface area contributed by atoms with Gasteiger partial charge in [0.1, 0.15) is 0 Å². The molecule has 2 N–H and O–H groups in total. The minimum Gasteiger partial charge on any atom is -0.316 e. The largest absolute Gasteiger partial charge is 0.316 e. The minimum absolute atomic E-state index is 0.790. The molecular weight excluding hydrogens is 218 g/mol. The maximum Gasteiger partial charge on any atom is 0.0897 e. The first kappa shape index (κ1) is 12.0. The molecule has 1 aliphatic rings. The fourth-order valence-corrected chi connectivity index (χ4v) is 2.60. The monoisotopic (exact) mass is 239 g/mol. The average molecular weight is 239 g/mol. The Kier molecular flexibility index (Phi) is 4.32. The van der Waals surface area contributed by atoms with Crippen molar-refractivity contribution in [3.63, 3.8) is 0 Å². The van der Waals surface area contributed by atoms with Gasteiger partial charge >= 0.3 is 0 Å². The highest BCUT2D eigenvalue weighted by Crippen LogP contribution is 2.14. The fraction of sp³-hybridized carbons (Fsp3) is 0.750. The maximum atomic E-state index is 4.46. The summed E-state index contributed by atoms with van der Waals surface area (Å²) in [6, 6.07) is 0. The molecule has 2 rings (SSSR count). The van der Waals surface area contributed by atoms with E-state index in [1.165, 1.54) is 23.8 Å². The Labute approximate surface area is 102 Å². The van der Waals surface area contributed by atoms with E-state index in [1.54, 1.807) is 11.3 Å². The van der Waals surface area contributed by atoms with Crippen LogP contribution >= 0.6 is 11.3 Å². The molecule has 0 aliphatic carbocycles. The van der Waals surface area contributed by atoms with Gasteiger partial charge in [-0.25, -0.2) is 4.98 Å². The number of rotatable bonds is 6. The van der Waals surface area contributed by atoms with Crippen LogP contribution in [0.1, 0.15) is 17.6 Å². The lowest BCUT2D eigenvalue weighted by Gasteiger charge is -2.32. The van der Waals surface area contributed by atoms with Gasteiger partial charge in [0.2, 0.25) is 0 Å². The number of aromatic nitrogens is 1. The van der Waals surface area contributed by atoms with Gasteiger partial charge in [-0.2, -0.15) is 0 Å². The molecule has 0 aromatic carbocycles. The Bertz CT molecular complexity index is 320. The lowest BCUT2D eigenvalue weighted by molar-refractivity contribution is 0.243. The number of hydrogen-bond donors (Lipinski definition) is 2. The molecule has 1 atom stereocenters. The molecule has 16 heavy (non-hydrogen) atoms. The molecule has 3 nitrogen and oxygen atoms in total. The van der Waals surface area contributed by atoms with E-state index < -0.39 is 0 Å². The zero-order chi connectivity index (χ0) is 11.4. The second kappa shape index (κ2) is 5.75. The summed E-state index contributed by atoms with van der Waals surface area (Å²) in [7, 11) is 0. The first-order valence-corrected chi connectivity index (χ1v) is 6.96. The smallest absolute Gasteiger partial charge is 0.0897 e. The second-order valence-electron chi connectivity index (χ2n) is 4.71. The van der Waals surface area contributed by atoms with Crippen LogP contribution in [0.3, 0.4) is 0 Å². The van der Waals surface area contributed by atoms with Crippen molar-refractivity contribution in [3.05, 3.63) is 16.1 Å². The third kappa shape index (κ3) is 3.27. The Balaban J connectivity index is 1.57. The van der Waals surface area contributed by atoms with Crippen LogP contribution in [-0.4, -0.2) is 31.2 Å². The number of aryl methyl sites for hydroxylation is 1. The first-order chi connectivity index (χ1) is 7.75. The zero-order valence-electron chi connectivity index (χ0n) is 10.1. The number of hydrogen-bond acceptors (Lipinski definition) is 4. The summed E-state index contributed by atoms with van der Waals surface area (Å²) in [5.74, 6) is 1.67. The van der Waals surface area contributed by atoms with Gasteiger partial charge in [-0.3, -0.25) is 0 Å². The van der Waals surface area contributed by atoms with E-state index in [9.17, 15) is 0 Å². The molecule has 90 valence electrons. The fourth-order valence-electron chi connectivity index (χ4n) is 1.95. The molecule has 1 fully saturated rings. The summed E-state index contributed by atoms with van der Waals surface area (Å²) in [5.41, 5.74) is 1.23. The molecule has 0 saturated carbocycles. The van der Waals surface area contributed by atoms with Crippen LogP contribution in [-0.2, 0) is 6.42 Å². The van der Waals surface area contributed by atoms with Gasteiger partial charge in [-0.1, -0.05) is 6.92 Å². The normalized spacial score (nSPS) is 18.4. The zero-order valence-corrected chi connectivity index (χ0v) is 10.9. The molecule has 0 radical (unpaired) electrons. The Morgan fingerprint density at radius 3 is 3.00 bits per heavy atom. The van der Waals surface area contributed by atoms with Crippen LogP contribution in [0.25, 0.3) is 0 Å². The first-order valence-electron chi connectivity index (χ1n) is 6.08. The van der Waals surface area contributed by atoms with E-state index in [-0.39, 0.29) is 0 Å². The average Bonchev–Trinajstić information content (AvgIpc) is 2.56. The third-order valence-corrected chi connectivity index (χ3v) is 4.13. The molecule has 1 aromatic rings. The van der Waals surface area contributed by atoms with Crippen molar-refractivity contribution in [2.75, 3.05) is 26.2 Å². The van der Waals surface area contributed by atoms with Gasteiger partial charge in [-0.05, 0) is 38.4 Å². The highest BCUT2D eigenvalue weighted by atomic mass is 32.1. The van der Waals surface area contributed by atoms with Crippen molar-refractivity contribution in [3.8, 4) is 0 Å². The van der Waals surface area contributed by atoms with Gasteiger partial charge in [-0.15, -0.1) is 11.3 Å². The van der Waals surface area contributed by atoms with Crippen LogP contribution < -0.4 is 10.6 Å². The van der Waals surface area contributed by atoms with Crippen LogP contribution in [0.5, 0.6) is 0 Å². The molecular formula is C12H21N3S. The number of thiazole rings is 1. The minimum atomic E-state index is 0.790. The Hall–Kier alpha value is -0.450. The summed E-state index contributed by atoms with van der Waals surface area (Å²) in [4.78, 5) is 4.46. The Morgan fingerprint density at radius 2 is 2.44 bits per heavy atom. The van der Waals surface area contributed by atoms with E-state index in [4.69, 9.17) is 0 Å². The van der Waals surface area contributed by atoms with Gasteiger partial charge in [0, 0.05) is 18.3 Å². The molecule has 1 saturated heterocycles. The van der Waals surface area contributed by atoms with Gasteiger partial charge < -0.3 is 10.6 Å². The van der Waals surface area contributed by atoms with Crippen molar-refractivity contribution in [1.29, 1.82) is 0 Å². The van der Waals surface area contributed by atoms with E-state index >= 15 is 0 Å². The van der Waals surface area contributed by atoms with Crippen molar-refractivity contribution < 1.29 is 0 Å². The van der Waals surface area contributed by atoms with Gasteiger partial charge in [0.25, 0.3) is 0 Å². The Morgan fingerprint density at radius 1 is 1.62 bits per heavy atom. The van der Waals surface area contributed by atoms with Crippen molar-refractivity contribution in [2.45, 2.75) is 20.3 Å². The van der Waals surface area contributed by atoms with E-state index in [1.807, 2.05) is 0 Å². The lowest BCUT2D eigenvalue weighted by Crippen LogP contribution is -2.47. The third-order valence-electron chi connectivity index (χ3n) is 3.31. The predicted molar refractivity (Wildman–Crippen MR) is 68.9 cm³/mol. The highest BCUT2D eigenvalue weighted by molar-refractivity contribution is 7.09. The van der Waals surface area contributed by atoms with Crippen LogP contribution in [0.2, 0.25) is 0 Å². The topological polar surface area (TPSA) is 37.0 Å². The second-order valence-corrected chi connectivity index (χ2v) is 5.77. The molecule has 0 bridgehead atoms. The highest BCUT2D eigenvalue weighted by Gasteiger charge is 2.22. The quantitative estimate of drug-likeness (QED) is 0.738. The standard InChI is InChI=1S/C12H21N3S/c1-9(11-6-14-7-11)5-13-4-3-12-8-16-10(2)15-12/h8-9,11,13-14H,3-7H2,1-2H3. The van der Waals surface area contributed by atoms with E-state index in [2.05, 4.69) is 34.8 Å². The molecule has 1 aliphatic heterocycles. The number of nitrogens with zero attached hydrogens (tertiary/aromatic N) is 1. The van der Waals surface area contributed by atoms with E-state index in [0.29, 0.717) is 0 Å². The van der Waals surface area contributed by atoms with Crippen molar-refractivity contribution in [2.24, 2.45) is 11.8 Å². The summed E-state index contributed by atoms with van der Waals surface area (Å²) in [5, 5.41) is 10.2. The molecule has 0 spiro atoms. The van der Waals surface area contributed by atoms with Crippen LogP contribution in [0.15, 0.2) is 5.38 Å². The molecule has 0 amide bonds. The lowest BCUT2D eigenvalue weighted by atomic mass is 9.89. The molecule has 2 heterocycles. The summed E-state index contributed by atoms with van der Waals surface area (Å²) in [6.07, 6.45) is 1.06. The van der Waals surface area contributed by atoms with Crippen LogP contribution in [0, 0.1) is 18.8 Å². The molecule has 1 unspecified atom stereocenters.